The number of aryl methyl sites for hydroxylation is 2. The van der Waals surface area contributed by atoms with E-state index >= 15 is 0 Å². The Hall–Kier alpha value is -3.22. The molecule has 3 aromatic rings. The zero-order chi connectivity index (χ0) is 24.2. The van der Waals surface area contributed by atoms with Gasteiger partial charge in [0.25, 0.3) is 0 Å². The van der Waals surface area contributed by atoms with E-state index < -0.39 is 5.92 Å². The molecule has 1 atom stereocenters. The lowest BCUT2D eigenvalue weighted by molar-refractivity contribution is -0.125. The highest BCUT2D eigenvalue weighted by molar-refractivity contribution is 6.42. The number of carbonyl (C=O) groups is 2. The summed E-state index contributed by atoms with van der Waals surface area (Å²) in [6.45, 7) is 4.71. The van der Waals surface area contributed by atoms with Gasteiger partial charge in [-0.1, -0.05) is 41.4 Å². The number of ether oxygens (including phenoxy) is 1. The first-order chi connectivity index (χ1) is 16.3. The number of anilines is 2. The van der Waals surface area contributed by atoms with Crippen molar-refractivity contribution < 1.29 is 14.3 Å². The molecule has 176 valence electrons. The Balaban J connectivity index is 1.32. The second kappa shape index (κ2) is 10.4. The van der Waals surface area contributed by atoms with Gasteiger partial charge in [-0.25, -0.2) is 0 Å². The zero-order valence-electron chi connectivity index (χ0n) is 18.9. The Kier molecular flexibility index (Phi) is 7.29. The molecule has 1 aliphatic rings. The SMILES string of the molecule is Cc1ccc(N2C[C@H](C(=O)NNc3cccc(OCc4ccc(Cl)c(Cl)c4)c3)CC2=O)cc1C. The number of rotatable bonds is 7. The smallest absolute Gasteiger partial charge is 0.243 e. The maximum atomic E-state index is 12.7. The van der Waals surface area contributed by atoms with Crippen molar-refractivity contribution in [1.82, 2.24) is 5.43 Å². The summed E-state index contributed by atoms with van der Waals surface area (Å²) in [7, 11) is 0. The van der Waals surface area contributed by atoms with Gasteiger partial charge in [0.05, 0.1) is 21.7 Å². The number of nitrogens with one attached hydrogen (secondary N) is 2. The number of hydrazine groups is 1. The Labute approximate surface area is 208 Å². The minimum Gasteiger partial charge on any atom is -0.489 e. The molecule has 0 unspecified atom stereocenters. The van der Waals surface area contributed by atoms with Gasteiger partial charge < -0.3 is 9.64 Å². The normalized spacial score (nSPS) is 15.4. The van der Waals surface area contributed by atoms with Crippen LogP contribution in [-0.2, 0) is 16.2 Å². The Bertz CT molecular complexity index is 1230. The van der Waals surface area contributed by atoms with Gasteiger partial charge in [-0.15, -0.1) is 0 Å². The molecular formula is C26H25Cl2N3O3. The lowest BCUT2D eigenvalue weighted by Gasteiger charge is -2.18. The van der Waals surface area contributed by atoms with Crippen LogP contribution < -0.4 is 20.5 Å². The molecule has 34 heavy (non-hydrogen) atoms. The van der Waals surface area contributed by atoms with Gasteiger partial charge in [0.15, 0.2) is 0 Å². The quantitative estimate of drug-likeness (QED) is 0.411. The van der Waals surface area contributed by atoms with Gasteiger partial charge in [-0.2, -0.15) is 0 Å². The van der Waals surface area contributed by atoms with Gasteiger partial charge in [0.2, 0.25) is 11.8 Å². The van der Waals surface area contributed by atoms with E-state index in [0.29, 0.717) is 34.6 Å². The van der Waals surface area contributed by atoms with Crippen molar-refractivity contribution in [2.45, 2.75) is 26.9 Å². The minimum atomic E-state index is -0.435. The van der Waals surface area contributed by atoms with Crippen LogP contribution in [-0.4, -0.2) is 18.4 Å². The molecule has 8 heteroatoms. The summed E-state index contributed by atoms with van der Waals surface area (Å²) in [6.07, 6.45) is 0.174. The van der Waals surface area contributed by atoms with Crippen LogP contribution in [0, 0.1) is 19.8 Å². The van der Waals surface area contributed by atoms with Crippen molar-refractivity contribution >= 4 is 46.4 Å². The Morgan fingerprint density at radius 1 is 1.03 bits per heavy atom. The number of hydrogen-bond acceptors (Lipinski definition) is 4. The van der Waals surface area contributed by atoms with Crippen LogP contribution in [0.1, 0.15) is 23.1 Å². The lowest BCUT2D eigenvalue weighted by Crippen LogP contribution is -2.36. The van der Waals surface area contributed by atoms with Gasteiger partial charge in [-0.3, -0.25) is 20.4 Å². The molecule has 0 spiro atoms. The number of carbonyl (C=O) groups excluding carboxylic acids is 2. The average Bonchev–Trinajstić information content (AvgIpc) is 3.22. The summed E-state index contributed by atoms with van der Waals surface area (Å²) < 4.78 is 5.82. The highest BCUT2D eigenvalue weighted by Crippen LogP contribution is 2.27. The fourth-order valence-corrected chi connectivity index (χ4v) is 4.04. The molecule has 3 aromatic carbocycles. The van der Waals surface area contributed by atoms with E-state index in [4.69, 9.17) is 27.9 Å². The molecule has 2 N–H and O–H groups in total. The average molecular weight is 498 g/mol. The van der Waals surface area contributed by atoms with Crippen LogP contribution in [0.4, 0.5) is 11.4 Å². The molecule has 0 aromatic heterocycles. The molecular weight excluding hydrogens is 473 g/mol. The highest BCUT2D eigenvalue weighted by atomic mass is 35.5. The van der Waals surface area contributed by atoms with Crippen molar-refractivity contribution in [3.05, 3.63) is 87.4 Å². The summed E-state index contributed by atoms with van der Waals surface area (Å²) in [4.78, 5) is 26.9. The molecule has 1 aliphatic heterocycles. The number of halogens is 2. The molecule has 0 bridgehead atoms. The molecule has 0 radical (unpaired) electrons. The van der Waals surface area contributed by atoms with Crippen molar-refractivity contribution in [1.29, 1.82) is 0 Å². The fourth-order valence-electron chi connectivity index (χ4n) is 3.72. The van der Waals surface area contributed by atoms with E-state index in [1.807, 2.05) is 56.3 Å². The predicted octanol–water partition coefficient (Wildman–Crippen LogP) is 5.69. The van der Waals surface area contributed by atoms with E-state index in [1.54, 1.807) is 23.1 Å². The minimum absolute atomic E-state index is 0.0545. The molecule has 1 heterocycles. The first-order valence-corrected chi connectivity index (χ1v) is 11.7. The maximum absolute atomic E-state index is 12.7. The van der Waals surface area contributed by atoms with Crippen LogP contribution in [0.5, 0.6) is 5.75 Å². The third kappa shape index (κ3) is 5.64. The largest absolute Gasteiger partial charge is 0.489 e. The third-order valence-electron chi connectivity index (χ3n) is 5.85. The monoisotopic (exact) mass is 497 g/mol. The predicted molar refractivity (Wildman–Crippen MR) is 135 cm³/mol. The summed E-state index contributed by atoms with van der Waals surface area (Å²) in [5.41, 5.74) is 10.3. The Morgan fingerprint density at radius 2 is 1.85 bits per heavy atom. The maximum Gasteiger partial charge on any atom is 0.243 e. The van der Waals surface area contributed by atoms with Crippen LogP contribution in [0.3, 0.4) is 0 Å². The van der Waals surface area contributed by atoms with Gasteiger partial charge in [-0.05, 0) is 66.9 Å². The summed E-state index contributed by atoms with van der Waals surface area (Å²) in [5, 5.41) is 0.968. The molecule has 1 fully saturated rings. The highest BCUT2D eigenvalue weighted by Gasteiger charge is 2.35. The van der Waals surface area contributed by atoms with Crippen molar-refractivity contribution in [2.75, 3.05) is 16.9 Å². The van der Waals surface area contributed by atoms with Crippen molar-refractivity contribution in [3.63, 3.8) is 0 Å². The van der Waals surface area contributed by atoms with Crippen LogP contribution in [0.15, 0.2) is 60.7 Å². The summed E-state index contributed by atoms with van der Waals surface area (Å²) >= 11 is 12.0. The van der Waals surface area contributed by atoms with Crippen LogP contribution in [0.2, 0.25) is 10.0 Å². The van der Waals surface area contributed by atoms with E-state index in [0.717, 1.165) is 22.4 Å². The van der Waals surface area contributed by atoms with Gasteiger partial charge in [0, 0.05) is 24.7 Å². The zero-order valence-corrected chi connectivity index (χ0v) is 20.4. The molecule has 0 aliphatic carbocycles. The third-order valence-corrected chi connectivity index (χ3v) is 6.59. The first kappa shape index (κ1) is 23.9. The topological polar surface area (TPSA) is 70.7 Å². The summed E-state index contributed by atoms with van der Waals surface area (Å²) in [5.74, 6) is -0.0964. The number of benzene rings is 3. The molecule has 4 rings (SSSR count). The van der Waals surface area contributed by atoms with Crippen molar-refractivity contribution in [2.24, 2.45) is 5.92 Å². The fraction of sp³-hybridized carbons (Fsp3) is 0.231. The van der Waals surface area contributed by atoms with E-state index in [9.17, 15) is 9.59 Å². The standard InChI is InChI=1S/C26H25Cl2N3O3/c1-16-6-8-21(10-17(16)2)31-14-19(12-25(31)32)26(33)30-29-20-4-3-5-22(13-20)34-15-18-7-9-23(27)24(28)11-18/h3-11,13,19,29H,12,14-15H2,1-2H3,(H,30,33)/t19-/m1/s1. The second-order valence-corrected chi connectivity index (χ2v) is 9.17. The van der Waals surface area contributed by atoms with Crippen LogP contribution >= 0.6 is 23.2 Å². The number of nitrogens with zero attached hydrogens (tertiary/aromatic N) is 1. The summed E-state index contributed by atoms with van der Waals surface area (Å²) in [6, 6.07) is 18.5. The first-order valence-electron chi connectivity index (χ1n) is 10.9. The van der Waals surface area contributed by atoms with Crippen molar-refractivity contribution in [3.8, 4) is 5.75 Å². The molecule has 2 amide bonds. The van der Waals surface area contributed by atoms with Gasteiger partial charge in [0.1, 0.15) is 12.4 Å². The van der Waals surface area contributed by atoms with E-state index in [2.05, 4.69) is 10.9 Å². The van der Waals surface area contributed by atoms with E-state index in [-0.39, 0.29) is 18.2 Å². The lowest BCUT2D eigenvalue weighted by atomic mass is 10.1. The second-order valence-electron chi connectivity index (χ2n) is 8.35. The molecule has 1 saturated heterocycles. The van der Waals surface area contributed by atoms with Gasteiger partial charge >= 0.3 is 0 Å². The number of amides is 2. The van der Waals surface area contributed by atoms with E-state index in [1.165, 1.54) is 0 Å². The Morgan fingerprint density at radius 3 is 2.62 bits per heavy atom. The molecule has 6 nitrogen and oxygen atoms in total. The molecule has 0 saturated carbocycles. The number of hydrogen-bond donors (Lipinski definition) is 2. The van der Waals surface area contributed by atoms with Crippen LogP contribution in [0.25, 0.3) is 0 Å².